The molecular formula is C26H29N3O6S. The average molecular weight is 512 g/mol. The van der Waals surface area contributed by atoms with Gasteiger partial charge in [-0.05, 0) is 42.3 Å². The fourth-order valence-electron chi connectivity index (χ4n) is 3.59. The number of hydrogen-bond acceptors (Lipinski definition) is 7. The molecule has 10 heteroatoms. The van der Waals surface area contributed by atoms with E-state index < -0.39 is 22.5 Å². The van der Waals surface area contributed by atoms with Crippen LogP contribution in [0.25, 0.3) is 0 Å². The number of para-hydroxylation sites is 1. The van der Waals surface area contributed by atoms with Crippen molar-refractivity contribution in [2.75, 3.05) is 32.2 Å². The van der Waals surface area contributed by atoms with Crippen LogP contribution in [0.4, 0.5) is 5.69 Å². The number of methoxy groups -OCH3 is 3. The molecule has 1 N–H and O–H groups in total. The van der Waals surface area contributed by atoms with Gasteiger partial charge in [-0.3, -0.25) is 9.10 Å². The third-order valence-corrected chi connectivity index (χ3v) is 7.12. The predicted molar refractivity (Wildman–Crippen MR) is 139 cm³/mol. The fourth-order valence-corrected chi connectivity index (χ4v) is 5.07. The van der Waals surface area contributed by atoms with Crippen LogP contribution in [-0.4, -0.2) is 48.4 Å². The molecule has 0 heterocycles. The van der Waals surface area contributed by atoms with E-state index in [1.54, 1.807) is 42.5 Å². The largest absolute Gasteiger partial charge is 0.493 e. The summed E-state index contributed by atoms with van der Waals surface area (Å²) in [5, 5.41) is 3.99. The van der Waals surface area contributed by atoms with Crippen LogP contribution in [-0.2, 0) is 21.2 Å². The number of sulfonamides is 1. The number of nitrogens with one attached hydrogen (secondary N) is 1. The first-order valence-electron chi connectivity index (χ1n) is 11.1. The summed E-state index contributed by atoms with van der Waals surface area (Å²) in [5.41, 5.74) is 4.22. The van der Waals surface area contributed by atoms with Crippen LogP contribution in [0, 0.1) is 0 Å². The third-order valence-electron chi connectivity index (χ3n) is 5.35. The lowest BCUT2D eigenvalue weighted by Gasteiger charge is -2.25. The summed E-state index contributed by atoms with van der Waals surface area (Å²) < 4.78 is 44.1. The lowest BCUT2D eigenvalue weighted by atomic mass is 10.1. The Balaban J connectivity index is 1.87. The molecule has 190 valence electrons. The summed E-state index contributed by atoms with van der Waals surface area (Å²) in [6, 6.07) is 18.4. The number of hydrogen-bond donors (Lipinski definition) is 1. The van der Waals surface area contributed by atoms with Crippen molar-refractivity contribution in [1.82, 2.24) is 5.43 Å². The minimum Gasteiger partial charge on any atom is -0.493 e. The second-order valence-corrected chi connectivity index (χ2v) is 9.42. The molecule has 0 saturated heterocycles. The molecule has 0 unspecified atom stereocenters. The molecule has 0 aliphatic carbocycles. The van der Waals surface area contributed by atoms with Gasteiger partial charge in [-0.15, -0.1) is 0 Å². The Hall–Kier alpha value is -4.05. The van der Waals surface area contributed by atoms with Crippen LogP contribution in [0.3, 0.4) is 0 Å². The summed E-state index contributed by atoms with van der Waals surface area (Å²) in [5.74, 6) is 0.684. The highest BCUT2D eigenvalue weighted by Crippen LogP contribution is 2.37. The zero-order chi connectivity index (χ0) is 26.1. The first kappa shape index (κ1) is 26.6. The normalized spacial score (nSPS) is 11.2. The van der Waals surface area contributed by atoms with Crippen LogP contribution >= 0.6 is 0 Å². The van der Waals surface area contributed by atoms with Crippen molar-refractivity contribution >= 4 is 27.8 Å². The maximum atomic E-state index is 13.5. The van der Waals surface area contributed by atoms with Gasteiger partial charge < -0.3 is 14.2 Å². The number of ether oxygens (including phenoxy) is 3. The molecule has 0 aromatic heterocycles. The van der Waals surface area contributed by atoms with Gasteiger partial charge in [0.2, 0.25) is 5.75 Å². The number of benzene rings is 3. The van der Waals surface area contributed by atoms with E-state index in [2.05, 4.69) is 10.5 Å². The lowest BCUT2D eigenvalue weighted by Crippen LogP contribution is -2.40. The average Bonchev–Trinajstić information content (AvgIpc) is 2.91. The molecule has 0 aliphatic rings. The Bertz CT molecular complexity index is 1300. The molecule has 3 aromatic carbocycles. The summed E-state index contributed by atoms with van der Waals surface area (Å²) in [4.78, 5) is 12.9. The van der Waals surface area contributed by atoms with E-state index in [-0.39, 0.29) is 4.90 Å². The molecule has 0 radical (unpaired) electrons. The van der Waals surface area contributed by atoms with E-state index >= 15 is 0 Å². The SMILES string of the molecule is CCc1ccccc1N(CC(=O)N/N=C\c1cc(OC)c(OC)c(OC)c1)S(=O)(=O)c1ccccc1. The standard InChI is InChI=1S/C26H29N3O6S/c1-5-20-11-9-10-14-22(20)29(36(31,32)21-12-7-6-8-13-21)18-25(30)28-27-17-19-15-23(33-2)26(35-4)24(16-19)34-3/h6-17H,5,18H2,1-4H3,(H,28,30)/b27-17-. The van der Waals surface area contributed by atoms with E-state index in [0.29, 0.717) is 34.9 Å². The van der Waals surface area contributed by atoms with Gasteiger partial charge in [0.25, 0.3) is 15.9 Å². The van der Waals surface area contributed by atoms with Gasteiger partial charge in [0.1, 0.15) is 6.54 Å². The lowest BCUT2D eigenvalue weighted by molar-refractivity contribution is -0.119. The van der Waals surface area contributed by atoms with Gasteiger partial charge in [0, 0.05) is 5.56 Å². The zero-order valence-corrected chi connectivity index (χ0v) is 21.4. The maximum Gasteiger partial charge on any atom is 0.264 e. The Morgan fingerprint density at radius 1 is 0.944 bits per heavy atom. The highest BCUT2D eigenvalue weighted by atomic mass is 32.2. The molecule has 0 aliphatic heterocycles. The van der Waals surface area contributed by atoms with Crippen molar-refractivity contribution in [2.24, 2.45) is 5.10 Å². The zero-order valence-electron chi connectivity index (χ0n) is 20.6. The van der Waals surface area contributed by atoms with Crippen molar-refractivity contribution < 1.29 is 27.4 Å². The summed E-state index contributed by atoms with van der Waals surface area (Å²) in [7, 11) is 0.481. The highest BCUT2D eigenvalue weighted by molar-refractivity contribution is 7.92. The molecule has 1 amide bonds. The van der Waals surface area contributed by atoms with Crippen LogP contribution < -0.4 is 23.9 Å². The van der Waals surface area contributed by atoms with Crippen molar-refractivity contribution in [2.45, 2.75) is 18.2 Å². The fraction of sp³-hybridized carbons (Fsp3) is 0.231. The summed E-state index contributed by atoms with van der Waals surface area (Å²) in [6.07, 6.45) is 2.00. The molecule has 9 nitrogen and oxygen atoms in total. The van der Waals surface area contributed by atoms with Crippen molar-refractivity contribution in [1.29, 1.82) is 0 Å². The van der Waals surface area contributed by atoms with Crippen LogP contribution in [0.5, 0.6) is 17.2 Å². The molecule has 0 atom stereocenters. The minimum absolute atomic E-state index is 0.0876. The first-order chi connectivity index (χ1) is 17.3. The maximum absolute atomic E-state index is 13.5. The molecule has 3 rings (SSSR count). The number of carbonyl (C=O) groups is 1. The van der Waals surface area contributed by atoms with Gasteiger partial charge >= 0.3 is 0 Å². The predicted octanol–water partition coefficient (Wildman–Crippen LogP) is 3.62. The quantitative estimate of drug-likeness (QED) is 0.311. The Morgan fingerprint density at radius 3 is 2.14 bits per heavy atom. The Kier molecular flexibility index (Phi) is 8.91. The van der Waals surface area contributed by atoms with Crippen LogP contribution in [0.2, 0.25) is 0 Å². The monoisotopic (exact) mass is 511 g/mol. The molecular weight excluding hydrogens is 482 g/mol. The first-order valence-corrected chi connectivity index (χ1v) is 12.6. The van der Waals surface area contributed by atoms with Gasteiger partial charge in [-0.1, -0.05) is 43.3 Å². The Labute approximate surface area is 211 Å². The topological polar surface area (TPSA) is 107 Å². The van der Waals surface area contributed by atoms with Crippen molar-refractivity contribution in [3.8, 4) is 17.2 Å². The number of nitrogens with zero attached hydrogens (tertiary/aromatic N) is 2. The number of anilines is 1. The summed E-state index contributed by atoms with van der Waals surface area (Å²) >= 11 is 0. The van der Waals surface area contributed by atoms with Crippen molar-refractivity contribution in [3.63, 3.8) is 0 Å². The van der Waals surface area contributed by atoms with Crippen LogP contribution in [0.1, 0.15) is 18.1 Å². The number of amides is 1. The summed E-state index contributed by atoms with van der Waals surface area (Å²) in [6.45, 7) is 1.47. The van der Waals surface area contributed by atoms with Gasteiger partial charge in [0.15, 0.2) is 11.5 Å². The van der Waals surface area contributed by atoms with E-state index in [1.807, 2.05) is 19.1 Å². The smallest absolute Gasteiger partial charge is 0.264 e. The second kappa shape index (κ2) is 12.1. The number of hydrazone groups is 1. The molecule has 0 bridgehead atoms. The van der Waals surface area contributed by atoms with E-state index in [4.69, 9.17) is 14.2 Å². The van der Waals surface area contributed by atoms with Gasteiger partial charge in [-0.25, -0.2) is 13.8 Å². The van der Waals surface area contributed by atoms with Gasteiger partial charge in [0.05, 0.1) is 38.1 Å². The number of carbonyl (C=O) groups excluding carboxylic acids is 1. The number of aryl methyl sites for hydroxylation is 1. The van der Waals surface area contributed by atoms with E-state index in [9.17, 15) is 13.2 Å². The molecule has 3 aromatic rings. The highest BCUT2D eigenvalue weighted by Gasteiger charge is 2.28. The molecule has 0 saturated carbocycles. The minimum atomic E-state index is -4.01. The Morgan fingerprint density at radius 2 is 1.56 bits per heavy atom. The molecule has 0 spiro atoms. The van der Waals surface area contributed by atoms with Crippen LogP contribution in [0.15, 0.2) is 76.7 Å². The van der Waals surface area contributed by atoms with Gasteiger partial charge in [-0.2, -0.15) is 5.10 Å². The number of rotatable bonds is 11. The van der Waals surface area contributed by atoms with Crippen molar-refractivity contribution in [3.05, 3.63) is 77.9 Å². The van der Waals surface area contributed by atoms with E-state index in [1.165, 1.54) is 39.7 Å². The molecule has 36 heavy (non-hydrogen) atoms. The molecule has 0 fully saturated rings. The third kappa shape index (κ3) is 5.95. The second-order valence-electron chi connectivity index (χ2n) is 7.56. The van der Waals surface area contributed by atoms with E-state index in [0.717, 1.165) is 9.87 Å².